The number of rotatable bonds is 10. The zero-order chi connectivity index (χ0) is 19.2. The summed E-state index contributed by atoms with van der Waals surface area (Å²) in [5.41, 5.74) is 0. The first-order chi connectivity index (χ1) is 12.6. The fraction of sp³-hybridized carbons (Fsp3) is 0.842. The van der Waals surface area contributed by atoms with Gasteiger partial charge in [-0.1, -0.05) is 12.8 Å². The molecule has 1 fully saturated rings. The van der Waals surface area contributed by atoms with Crippen molar-refractivity contribution >= 4 is 41.9 Å². The Kier molecular flexibility index (Phi) is 15.3. The quantitative estimate of drug-likeness (QED) is 0.164. The highest BCUT2D eigenvalue weighted by molar-refractivity contribution is 14.0. The maximum Gasteiger partial charge on any atom is 0.308 e. The fourth-order valence-corrected chi connectivity index (χ4v) is 3.07. The third kappa shape index (κ3) is 10.8. The van der Waals surface area contributed by atoms with Crippen LogP contribution < -0.4 is 5.32 Å². The van der Waals surface area contributed by atoms with Crippen LogP contribution in [0.5, 0.6) is 0 Å². The normalized spacial score (nSPS) is 15.1. The van der Waals surface area contributed by atoms with E-state index in [1.165, 1.54) is 7.11 Å². The van der Waals surface area contributed by atoms with Gasteiger partial charge in [0.1, 0.15) is 0 Å². The number of carbonyl (C=O) groups excluding carboxylic acids is 2. The minimum Gasteiger partial charge on any atom is -0.469 e. The molecular weight excluding hydrogens is 461 g/mol. The van der Waals surface area contributed by atoms with E-state index >= 15 is 0 Å². The number of piperidine rings is 1. The number of likely N-dealkylation sites (tertiary alicyclic amines) is 1. The van der Waals surface area contributed by atoms with Crippen LogP contribution in [0.2, 0.25) is 0 Å². The van der Waals surface area contributed by atoms with Crippen LogP contribution in [0.3, 0.4) is 0 Å². The first-order valence-corrected chi connectivity index (χ1v) is 9.89. The van der Waals surface area contributed by atoms with Crippen LogP contribution in [-0.4, -0.2) is 62.7 Å². The summed E-state index contributed by atoms with van der Waals surface area (Å²) in [6.45, 7) is 7.60. The molecule has 0 spiro atoms. The predicted molar refractivity (Wildman–Crippen MR) is 117 cm³/mol. The van der Waals surface area contributed by atoms with Crippen LogP contribution in [-0.2, 0) is 19.1 Å². The summed E-state index contributed by atoms with van der Waals surface area (Å²) in [5, 5.41) is 3.34. The monoisotopic (exact) mass is 497 g/mol. The van der Waals surface area contributed by atoms with Crippen LogP contribution in [0, 0.1) is 5.92 Å². The molecule has 1 saturated heterocycles. The summed E-state index contributed by atoms with van der Waals surface area (Å²) in [6.07, 6.45) is 6.10. The lowest BCUT2D eigenvalue weighted by Gasteiger charge is -2.33. The molecule has 0 bridgehead atoms. The number of esters is 2. The van der Waals surface area contributed by atoms with Crippen LogP contribution in [0.15, 0.2) is 4.99 Å². The number of hydrogen-bond donors (Lipinski definition) is 1. The van der Waals surface area contributed by atoms with E-state index in [2.05, 4.69) is 17.1 Å². The van der Waals surface area contributed by atoms with Crippen molar-refractivity contribution in [1.29, 1.82) is 0 Å². The summed E-state index contributed by atoms with van der Waals surface area (Å²) in [5.74, 6) is 0.741. The van der Waals surface area contributed by atoms with Gasteiger partial charge in [-0.2, -0.15) is 0 Å². The molecular formula is C19H36IN3O4. The van der Waals surface area contributed by atoms with Crippen molar-refractivity contribution in [2.24, 2.45) is 10.9 Å². The zero-order valence-electron chi connectivity index (χ0n) is 17.0. The van der Waals surface area contributed by atoms with Crippen LogP contribution >= 0.6 is 24.0 Å². The number of nitrogens with one attached hydrogen (secondary N) is 1. The van der Waals surface area contributed by atoms with Crippen molar-refractivity contribution in [3.63, 3.8) is 0 Å². The number of halogens is 1. The number of carbonyl (C=O) groups is 2. The standard InChI is InChI=1S/C19H35N3O4.HI/c1-4-20-19(22-14-11-16(12-15-22)18(24)25-3)21-13-9-7-6-8-10-17(23)26-5-2;/h16H,4-15H2,1-3H3,(H,20,21);1H. The molecule has 1 aliphatic heterocycles. The van der Waals surface area contributed by atoms with Gasteiger partial charge in [0.2, 0.25) is 0 Å². The summed E-state index contributed by atoms with van der Waals surface area (Å²) < 4.78 is 9.76. The number of aliphatic imine (C=N–C) groups is 1. The molecule has 1 aliphatic rings. The Bertz CT molecular complexity index is 452. The lowest BCUT2D eigenvalue weighted by molar-refractivity contribution is -0.146. The van der Waals surface area contributed by atoms with E-state index in [-0.39, 0.29) is 41.8 Å². The number of guanidine groups is 1. The Morgan fingerprint density at radius 3 is 2.37 bits per heavy atom. The van der Waals surface area contributed by atoms with Gasteiger partial charge in [0.15, 0.2) is 5.96 Å². The maximum atomic E-state index is 11.6. The first kappa shape index (κ1) is 25.9. The van der Waals surface area contributed by atoms with E-state index in [1.54, 1.807) is 0 Å². The van der Waals surface area contributed by atoms with E-state index in [0.29, 0.717) is 13.0 Å². The first-order valence-electron chi connectivity index (χ1n) is 9.89. The number of unbranched alkanes of at least 4 members (excludes halogenated alkanes) is 3. The van der Waals surface area contributed by atoms with Gasteiger partial charge in [0.25, 0.3) is 0 Å². The van der Waals surface area contributed by atoms with Crippen molar-refractivity contribution < 1.29 is 19.1 Å². The van der Waals surface area contributed by atoms with E-state index in [1.807, 2.05) is 6.92 Å². The Labute approximate surface area is 180 Å². The molecule has 0 amide bonds. The van der Waals surface area contributed by atoms with Gasteiger partial charge < -0.3 is 19.7 Å². The second-order valence-electron chi connectivity index (χ2n) is 6.49. The van der Waals surface area contributed by atoms with Gasteiger partial charge in [0, 0.05) is 32.6 Å². The molecule has 7 nitrogen and oxygen atoms in total. The summed E-state index contributed by atoms with van der Waals surface area (Å²) in [4.78, 5) is 29.8. The van der Waals surface area contributed by atoms with Gasteiger partial charge in [-0.3, -0.25) is 14.6 Å². The van der Waals surface area contributed by atoms with Gasteiger partial charge in [-0.15, -0.1) is 24.0 Å². The van der Waals surface area contributed by atoms with Crippen LogP contribution in [0.4, 0.5) is 0 Å². The van der Waals surface area contributed by atoms with Crippen LogP contribution in [0.1, 0.15) is 58.8 Å². The topological polar surface area (TPSA) is 80.2 Å². The molecule has 27 heavy (non-hydrogen) atoms. The Morgan fingerprint density at radius 2 is 1.78 bits per heavy atom. The number of nitrogens with zero attached hydrogens (tertiary/aromatic N) is 2. The van der Waals surface area contributed by atoms with E-state index in [0.717, 1.165) is 70.7 Å². The highest BCUT2D eigenvalue weighted by atomic mass is 127. The molecule has 0 atom stereocenters. The summed E-state index contributed by atoms with van der Waals surface area (Å²) in [7, 11) is 1.45. The highest BCUT2D eigenvalue weighted by Crippen LogP contribution is 2.18. The van der Waals surface area contributed by atoms with Gasteiger partial charge in [-0.05, 0) is 39.5 Å². The Balaban J connectivity index is 0.00000676. The molecule has 8 heteroatoms. The molecule has 0 saturated carbocycles. The number of methoxy groups -OCH3 is 1. The van der Waals surface area contributed by atoms with E-state index in [4.69, 9.17) is 14.5 Å². The van der Waals surface area contributed by atoms with E-state index in [9.17, 15) is 9.59 Å². The van der Waals surface area contributed by atoms with Crippen LogP contribution in [0.25, 0.3) is 0 Å². The lowest BCUT2D eigenvalue weighted by atomic mass is 9.97. The Morgan fingerprint density at radius 1 is 1.11 bits per heavy atom. The van der Waals surface area contributed by atoms with Gasteiger partial charge in [0.05, 0.1) is 19.6 Å². The average molecular weight is 497 g/mol. The lowest BCUT2D eigenvalue weighted by Crippen LogP contribution is -2.46. The largest absolute Gasteiger partial charge is 0.469 e. The van der Waals surface area contributed by atoms with E-state index < -0.39 is 0 Å². The molecule has 1 N–H and O–H groups in total. The van der Waals surface area contributed by atoms with Crippen molar-refractivity contribution in [3.8, 4) is 0 Å². The molecule has 1 heterocycles. The van der Waals surface area contributed by atoms with Gasteiger partial charge >= 0.3 is 11.9 Å². The minimum atomic E-state index is -0.102. The number of ether oxygens (including phenoxy) is 2. The smallest absolute Gasteiger partial charge is 0.308 e. The minimum absolute atomic E-state index is 0. The third-order valence-corrected chi connectivity index (χ3v) is 4.52. The molecule has 0 aromatic rings. The Hall–Kier alpha value is -1.06. The van der Waals surface area contributed by atoms with Crippen molar-refractivity contribution in [2.45, 2.75) is 58.8 Å². The summed E-state index contributed by atoms with van der Waals surface area (Å²) in [6, 6.07) is 0. The highest BCUT2D eigenvalue weighted by Gasteiger charge is 2.26. The predicted octanol–water partition coefficient (Wildman–Crippen LogP) is 2.97. The second-order valence-corrected chi connectivity index (χ2v) is 6.49. The molecule has 0 aliphatic carbocycles. The van der Waals surface area contributed by atoms with Crippen molar-refractivity contribution in [3.05, 3.63) is 0 Å². The molecule has 0 unspecified atom stereocenters. The average Bonchev–Trinajstić information content (AvgIpc) is 2.66. The third-order valence-electron chi connectivity index (χ3n) is 4.52. The van der Waals surface area contributed by atoms with Crippen molar-refractivity contribution in [1.82, 2.24) is 10.2 Å². The second kappa shape index (κ2) is 15.9. The molecule has 0 aromatic carbocycles. The number of hydrogen-bond acceptors (Lipinski definition) is 5. The fourth-order valence-electron chi connectivity index (χ4n) is 3.07. The SMILES string of the molecule is CCNC(=NCCCCCCC(=O)OCC)N1CCC(C(=O)OC)CC1.I. The zero-order valence-corrected chi connectivity index (χ0v) is 19.3. The summed E-state index contributed by atoms with van der Waals surface area (Å²) >= 11 is 0. The molecule has 0 aromatic heterocycles. The molecule has 0 radical (unpaired) electrons. The van der Waals surface area contributed by atoms with Crippen molar-refractivity contribution in [2.75, 3.05) is 39.9 Å². The maximum absolute atomic E-state index is 11.6. The molecule has 158 valence electrons. The molecule has 1 rings (SSSR count). The van der Waals surface area contributed by atoms with Gasteiger partial charge in [-0.25, -0.2) is 0 Å².